The van der Waals surface area contributed by atoms with Crippen molar-refractivity contribution in [3.05, 3.63) is 27.8 Å². The zero-order valence-corrected chi connectivity index (χ0v) is 12.5. The fourth-order valence-electron chi connectivity index (χ4n) is 1.94. The van der Waals surface area contributed by atoms with Crippen molar-refractivity contribution >= 4 is 11.6 Å². The second kappa shape index (κ2) is 8.83. The van der Waals surface area contributed by atoms with Gasteiger partial charge in [-0.3, -0.25) is 14.9 Å². The van der Waals surface area contributed by atoms with Crippen LogP contribution in [0, 0.1) is 10.1 Å². The van der Waals surface area contributed by atoms with Crippen LogP contribution in [-0.2, 0) is 0 Å². The summed E-state index contributed by atoms with van der Waals surface area (Å²) >= 11 is 0. The van der Waals surface area contributed by atoms with Crippen LogP contribution in [-0.4, -0.2) is 36.1 Å². The molecule has 1 aromatic rings. The van der Waals surface area contributed by atoms with Crippen LogP contribution < -0.4 is 15.8 Å². The molecule has 0 radical (unpaired) electrons. The number of phenolic OH excluding ortho intramolecular Hbond substituents is 1. The van der Waals surface area contributed by atoms with Gasteiger partial charge in [0.1, 0.15) is 5.75 Å². The van der Waals surface area contributed by atoms with Crippen molar-refractivity contribution < 1.29 is 19.6 Å². The highest BCUT2D eigenvalue weighted by Crippen LogP contribution is 2.34. The molecule has 0 heterocycles. The standard InChI is InChI=1S/C14H21N3O5/c1-22-10-8-11(13(18)12(9-10)17(20)21)14(19)16-7-5-3-2-4-6-15/h8-9,18H,2-7,15H2,1H3,(H,16,19). The van der Waals surface area contributed by atoms with Crippen LogP contribution in [0.1, 0.15) is 36.0 Å². The maximum absolute atomic E-state index is 12.0. The number of aromatic hydroxyl groups is 1. The van der Waals surface area contributed by atoms with E-state index in [1.807, 2.05) is 0 Å². The number of nitrogens with one attached hydrogen (secondary N) is 1. The molecule has 0 aromatic heterocycles. The van der Waals surface area contributed by atoms with Gasteiger partial charge in [-0.1, -0.05) is 12.8 Å². The van der Waals surface area contributed by atoms with Gasteiger partial charge in [0.25, 0.3) is 5.91 Å². The molecule has 0 bridgehead atoms. The van der Waals surface area contributed by atoms with E-state index in [1.165, 1.54) is 13.2 Å². The van der Waals surface area contributed by atoms with Gasteiger partial charge in [0.15, 0.2) is 0 Å². The lowest BCUT2D eigenvalue weighted by atomic mass is 10.1. The number of phenols is 1. The molecule has 122 valence electrons. The topological polar surface area (TPSA) is 128 Å². The van der Waals surface area contributed by atoms with Crippen molar-refractivity contribution in [3.8, 4) is 11.5 Å². The number of nitrogens with zero attached hydrogens (tertiary/aromatic N) is 1. The Labute approximate surface area is 128 Å². The summed E-state index contributed by atoms with van der Waals surface area (Å²) in [4.78, 5) is 22.1. The van der Waals surface area contributed by atoms with Crippen molar-refractivity contribution in [2.45, 2.75) is 25.7 Å². The number of ether oxygens (including phenoxy) is 1. The van der Waals surface area contributed by atoms with E-state index in [9.17, 15) is 20.0 Å². The summed E-state index contributed by atoms with van der Waals surface area (Å²) in [5, 5.41) is 23.3. The third-order valence-electron chi connectivity index (χ3n) is 3.16. The highest BCUT2D eigenvalue weighted by molar-refractivity contribution is 5.98. The molecule has 4 N–H and O–H groups in total. The van der Waals surface area contributed by atoms with Gasteiger partial charge in [-0.15, -0.1) is 0 Å². The number of hydrogen-bond donors (Lipinski definition) is 3. The van der Waals surface area contributed by atoms with Gasteiger partial charge in [0, 0.05) is 6.54 Å². The van der Waals surface area contributed by atoms with E-state index in [0.717, 1.165) is 31.7 Å². The summed E-state index contributed by atoms with van der Waals surface area (Å²) in [7, 11) is 1.33. The smallest absolute Gasteiger partial charge is 0.315 e. The molecule has 0 saturated carbocycles. The number of rotatable bonds is 9. The molecule has 0 aliphatic carbocycles. The Balaban J connectivity index is 2.72. The SMILES string of the molecule is COc1cc(C(=O)NCCCCCCN)c(O)c([N+](=O)[O-])c1. The minimum absolute atomic E-state index is 0.137. The fraction of sp³-hybridized carbons (Fsp3) is 0.500. The molecule has 0 aliphatic rings. The average molecular weight is 311 g/mol. The summed E-state index contributed by atoms with van der Waals surface area (Å²) in [5.74, 6) is -1.10. The monoisotopic (exact) mass is 311 g/mol. The van der Waals surface area contributed by atoms with E-state index in [0.29, 0.717) is 13.1 Å². The highest BCUT2D eigenvalue weighted by Gasteiger charge is 2.23. The van der Waals surface area contributed by atoms with Crippen LogP contribution >= 0.6 is 0 Å². The Morgan fingerprint density at radius 3 is 2.64 bits per heavy atom. The molecule has 8 heteroatoms. The van der Waals surface area contributed by atoms with Gasteiger partial charge < -0.3 is 20.9 Å². The van der Waals surface area contributed by atoms with Crippen molar-refractivity contribution in [1.82, 2.24) is 5.32 Å². The fourth-order valence-corrected chi connectivity index (χ4v) is 1.94. The van der Waals surface area contributed by atoms with Crippen LogP contribution in [0.3, 0.4) is 0 Å². The predicted octanol–water partition coefficient (Wildman–Crippen LogP) is 1.56. The number of carbonyl (C=O) groups excluding carboxylic acids is 1. The van der Waals surface area contributed by atoms with Gasteiger partial charge in [0.2, 0.25) is 5.75 Å². The van der Waals surface area contributed by atoms with Gasteiger partial charge >= 0.3 is 5.69 Å². The Bertz CT molecular complexity index is 533. The van der Waals surface area contributed by atoms with E-state index in [2.05, 4.69) is 5.32 Å². The Morgan fingerprint density at radius 1 is 1.36 bits per heavy atom. The van der Waals surface area contributed by atoms with Crippen LogP contribution in [0.5, 0.6) is 11.5 Å². The molecule has 22 heavy (non-hydrogen) atoms. The zero-order chi connectivity index (χ0) is 16.5. The van der Waals surface area contributed by atoms with Crippen LogP contribution in [0.25, 0.3) is 0 Å². The molecule has 8 nitrogen and oxygen atoms in total. The van der Waals surface area contributed by atoms with Crippen molar-refractivity contribution in [2.24, 2.45) is 5.73 Å². The third-order valence-corrected chi connectivity index (χ3v) is 3.16. The number of carbonyl (C=O) groups is 1. The maximum Gasteiger partial charge on any atom is 0.315 e. The second-order valence-corrected chi connectivity index (χ2v) is 4.76. The molecule has 1 rings (SSSR count). The summed E-state index contributed by atoms with van der Waals surface area (Å²) in [5.41, 5.74) is 4.65. The Hall–Kier alpha value is -2.35. The number of unbranched alkanes of at least 4 members (excludes halogenated alkanes) is 3. The predicted molar refractivity (Wildman–Crippen MR) is 81.2 cm³/mol. The first kappa shape index (κ1) is 17.7. The Morgan fingerprint density at radius 2 is 2.05 bits per heavy atom. The van der Waals surface area contributed by atoms with E-state index in [4.69, 9.17) is 10.5 Å². The largest absolute Gasteiger partial charge is 0.502 e. The number of hydrogen-bond acceptors (Lipinski definition) is 6. The Kier molecular flexibility index (Phi) is 7.11. The van der Waals surface area contributed by atoms with Crippen molar-refractivity contribution in [1.29, 1.82) is 0 Å². The quantitative estimate of drug-likeness (QED) is 0.361. The van der Waals surface area contributed by atoms with Crippen molar-refractivity contribution in [2.75, 3.05) is 20.2 Å². The summed E-state index contributed by atoms with van der Waals surface area (Å²) in [6.07, 6.45) is 3.64. The minimum atomic E-state index is -0.762. The summed E-state index contributed by atoms with van der Waals surface area (Å²) < 4.78 is 4.91. The molecule has 1 amide bonds. The average Bonchev–Trinajstić information content (AvgIpc) is 2.50. The second-order valence-electron chi connectivity index (χ2n) is 4.76. The highest BCUT2D eigenvalue weighted by atomic mass is 16.6. The molecule has 0 saturated heterocycles. The molecular weight excluding hydrogens is 290 g/mol. The molecule has 0 fully saturated rings. The lowest BCUT2D eigenvalue weighted by Crippen LogP contribution is -2.24. The number of nitro benzene ring substituents is 1. The normalized spacial score (nSPS) is 10.3. The molecule has 0 spiro atoms. The zero-order valence-electron chi connectivity index (χ0n) is 12.5. The number of methoxy groups -OCH3 is 1. The molecular formula is C14H21N3O5. The van der Waals surface area contributed by atoms with Gasteiger partial charge in [0.05, 0.1) is 23.7 Å². The van der Waals surface area contributed by atoms with E-state index in [1.54, 1.807) is 0 Å². The van der Waals surface area contributed by atoms with Crippen LogP contribution in [0.2, 0.25) is 0 Å². The van der Waals surface area contributed by atoms with Crippen LogP contribution in [0.4, 0.5) is 5.69 Å². The summed E-state index contributed by atoms with van der Waals surface area (Å²) in [6, 6.07) is 2.34. The van der Waals surface area contributed by atoms with Gasteiger partial charge in [-0.05, 0) is 25.5 Å². The number of nitrogens with two attached hydrogens (primary N) is 1. The first-order chi connectivity index (χ1) is 10.5. The van der Waals surface area contributed by atoms with Gasteiger partial charge in [-0.2, -0.15) is 0 Å². The molecule has 0 atom stereocenters. The minimum Gasteiger partial charge on any atom is -0.502 e. The lowest BCUT2D eigenvalue weighted by molar-refractivity contribution is -0.386. The molecule has 0 aliphatic heterocycles. The van der Waals surface area contributed by atoms with Crippen LogP contribution in [0.15, 0.2) is 12.1 Å². The van der Waals surface area contributed by atoms with Crippen molar-refractivity contribution in [3.63, 3.8) is 0 Å². The van der Waals surface area contributed by atoms with E-state index < -0.39 is 22.3 Å². The number of amides is 1. The van der Waals surface area contributed by atoms with E-state index in [-0.39, 0.29) is 11.3 Å². The van der Waals surface area contributed by atoms with E-state index >= 15 is 0 Å². The number of benzene rings is 1. The molecule has 1 aromatic carbocycles. The first-order valence-electron chi connectivity index (χ1n) is 7.05. The van der Waals surface area contributed by atoms with Gasteiger partial charge in [-0.25, -0.2) is 0 Å². The molecule has 0 unspecified atom stereocenters. The first-order valence-corrected chi connectivity index (χ1v) is 7.05. The maximum atomic E-state index is 12.0. The lowest BCUT2D eigenvalue weighted by Gasteiger charge is -2.09. The number of nitro groups is 1. The third kappa shape index (κ3) is 4.88. The summed E-state index contributed by atoms with van der Waals surface area (Å²) in [6.45, 7) is 1.07.